The highest BCUT2D eigenvalue weighted by atomic mass is 16.4. The molecule has 2 rings (SSSR count). The molecule has 1 aromatic heterocycles. The number of pyridine rings is 1. The number of hydrogen-bond donors (Lipinski definition) is 2. The van der Waals surface area contributed by atoms with Crippen LogP contribution in [0.25, 0.3) is 6.08 Å². The third-order valence-corrected chi connectivity index (χ3v) is 3.78. The van der Waals surface area contributed by atoms with Gasteiger partial charge in [-0.3, -0.25) is 9.78 Å². The summed E-state index contributed by atoms with van der Waals surface area (Å²) in [7, 11) is 0. The monoisotopic (exact) mass is 288 g/mol. The van der Waals surface area contributed by atoms with E-state index in [2.05, 4.69) is 10.3 Å². The Kier molecular flexibility index (Phi) is 5.49. The van der Waals surface area contributed by atoms with E-state index in [0.29, 0.717) is 23.6 Å². The number of rotatable bonds is 5. The molecule has 1 aliphatic rings. The Morgan fingerprint density at radius 1 is 1.33 bits per heavy atom. The Morgan fingerprint density at radius 2 is 2.10 bits per heavy atom. The van der Waals surface area contributed by atoms with Gasteiger partial charge in [0, 0.05) is 36.1 Å². The van der Waals surface area contributed by atoms with Crippen molar-refractivity contribution in [2.45, 2.75) is 32.1 Å². The summed E-state index contributed by atoms with van der Waals surface area (Å²) >= 11 is 0. The Balaban J connectivity index is 1.99. The molecule has 21 heavy (non-hydrogen) atoms. The van der Waals surface area contributed by atoms with Crippen LogP contribution in [0.4, 0.5) is 0 Å². The van der Waals surface area contributed by atoms with Crippen molar-refractivity contribution in [3.05, 3.63) is 35.7 Å². The Labute approximate surface area is 124 Å². The lowest BCUT2D eigenvalue weighted by Gasteiger charge is -2.21. The molecule has 0 saturated heterocycles. The van der Waals surface area contributed by atoms with E-state index in [9.17, 15) is 9.59 Å². The number of amides is 1. The lowest BCUT2D eigenvalue weighted by Crippen LogP contribution is -2.30. The largest absolute Gasteiger partial charge is 0.478 e. The first kappa shape index (κ1) is 15.2. The smallest absolute Gasteiger partial charge is 0.328 e. The zero-order valence-electron chi connectivity index (χ0n) is 11.9. The summed E-state index contributed by atoms with van der Waals surface area (Å²) in [6, 6.07) is 1.61. The number of carboxylic acids is 1. The van der Waals surface area contributed by atoms with E-state index in [4.69, 9.17) is 5.11 Å². The third kappa shape index (κ3) is 4.70. The van der Waals surface area contributed by atoms with Gasteiger partial charge >= 0.3 is 5.97 Å². The van der Waals surface area contributed by atoms with E-state index in [1.165, 1.54) is 50.6 Å². The fraction of sp³-hybridized carbons (Fsp3) is 0.438. The van der Waals surface area contributed by atoms with Crippen molar-refractivity contribution in [3.63, 3.8) is 0 Å². The molecular formula is C16H20N2O3. The van der Waals surface area contributed by atoms with E-state index < -0.39 is 5.97 Å². The van der Waals surface area contributed by atoms with Gasteiger partial charge in [-0.2, -0.15) is 0 Å². The second-order valence-corrected chi connectivity index (χ2v) is 5.35. The molecule has 0 radical (unpaired) electrons. The standard InChI is InChI=1S/C16H20N2O3/c19-15(20)7-6-13-11-17-9-8-14(13)16(21)18-10-12-4-2-1-3-5-12/h6-9,11-12H,1-5,10H2,(H,18,21)(H,19,20). The van der Waals surface area contributed by atoms with Crippen LogP contribution in [-0.4, -0.2) is 28.5 Å². The first-order valence-corrected chi connectivity index (χ1v) is 7.30. The average Bonchev–Trinajstić information content (AvgIpc) is 2.52. The summed E-state index contributed by atoms with van der Waals surface area (Å²) in [6.45, 7) is 0.684. The molecule has 5 heteroatoms. The molecule has 1 aromatic rings. The molecule has 112 valence electrons. The molecule has 0 atom stereocenters. The average molecular weight is 288 g/mol. The number of carboxylic acid groups (broad SMARTS) is 1. The number of carbonyl (C=O) groups is 2. The van der Waals surface area contributed by atoms with Crippen LogP contribution in [0.3, 0.4) is 0 Å². The minimum atomic E-state index is -1.05. The second-order valence-electron chi connectivity index (χ2n) is 5.35. The number of nitrogens with one attached hydrogen (secondary N) is 1. The maximum absolute atomic E-state index is 12.2. The molecule has 2 N–H and O–H groups in total. The molecule has 0 aromatic carbocycles. The highest BCUT2D eigenvalue weighted by molar-refractivity contribution is 5.98. The first-order chi connectivity index (χ1) is 10.2. The molecule has 1 aliphatic carbocycles. The van der Waals surface area contributed by atoms with Gasteiger partial charge in [-0.15, -0.1) is 0 Å². The predicted octanol–water partition coefficient (Wildman–Crippen LogP) is 2.49. The number of hydrogen-bond acceptors (Lipinski definition) is 3. The lowest BCUT2D eigenvalue weighted by atomic mass is 9.89. The van der Waals surface area contributed by atoms with Crippen molar-refractivity contribution < 1.29 is 14.7 Å². The van der Waals surface area contributed by atoms with Gasteiger partial charge in [0.25, 0.3) is 5.91 Å². The Hall–Kier alpha value is -2.17. The van der Waals surface area contributed by atoms with Crippen LogP contribution in [0.2, 0.25) is 0 Å². The Morgan fingerprint density at radius 3 is 2.81 bits per heavy atom. The quantitative estimate of drug-likeness (QED) is 0.816. The topological polar surface area (TPSA) is 79.3 Å². The normalized spacial score (nSPS) is 16.0. The highest BCUT2D eigenvalue weighted by Crippen LogP contribution is 2.22. The third-order valence-electron chi connectivity index (χ3n) is 3.78. The predicted molar refractivity (Wildman–Crippen MR) is 79.8 cm³/mol. The molecule has 0 unspecified atom stereocenters. The molecule has 0 bridgehead atoms. The summed E-state index contributed by atoms with van der Waals surface area (Å²) < 4.78 is 0. The van der Waals surface area contributed by atoms with Gasteiger partial charge in [-0.25, -0.2) is 4.79 Å². The zero-order chi connectivity index (χ0) is 15.1. The fourth-order valence-corrected chi connectivity index (χ4v) is 2.63. The van der Waals surface area contributed by atoms with Gasteiger partial charge in [0.1, 0.15) is 0 Å². The SMILES string of the molecule is O=C(O)C=Cc1cnccc1C(=O)NCC1CCCCC1. The fourth-order valence-electron chi connectivity index (χ4n) is 2.63. The van der Waals surface area contributed by atoms with Crippen LogP contribution in [0.1, 0.15) is 48.0 Å². The van der Waals surface area contributed by atoms with Crippen molar-refractivity contribution in [3.8, 4) is 0 Å². The molecule has 0 aliphatic heterocycles. The highest BCUT2D eigenvalue weighted by Gasteiger charge is 2.16. The minimum Gasteiger partial charge on any atom is -0.478 e. The molecular weight excluding hydrogens is 268 g/mol. The van der Waals surface area contributed by atoms with Gasteiger partial charge in [0.15, 0.2) is 0 Å². The summed E-state index contributed by atoms with van der Waals surface area (Å²) in [5, 5.41) is 11.6. The van der Waals surface area contributed by atoms with Crippen molar-refractivity contribution >= 4 is 18.0 Å². The van der Waals surface area contributed by atoms with Gasteiger partial charge in [0.05, 0.1) is 0 Å². The van der Waals surface area contributed by atoms with E-state index in [1.807, 2.05) is 0 Å². The van der Waals surface area contributed by atoms with Crippen LogP contribution in [-0.2, 0) is 4.79 Å². The zero-order valence-corrected chi connectivity index (χ0v) is 11.9. The number of aromatic nitrogens is 1. The lowest BCUT2D eigenvalue weighted by molar-refractivity contribution is -0.131. The van der Waals surface area contributed by atoms with Gasteiger partial charge in [-0.05, 0) is 30.9 Å². The summed E-state index contributed by atoms with van der Waals surface area (Å²) in [4.78, 5) is 26.7. The van der Waals surface area contributed by atoms with Crippen molar-refractivity contribution in [2.75, 3.05) is 6.54 Å². The number of aliphatic carboxylic acids is 1. The number of carbonyl (C=O) groups excluding carboxylic acids is 1. The van der Waals surface area contributed by atoms with Gasteiger partial charge in [0.2, 0.25) is 0 Å². The molecule has 1 heterocycles. The molecule has 1 fully saturated rings. The van der Waals surface area contributed by atoms with Gasteiger partial charge in [-0.1, -0.05) is 19.3 Å². The second kappa shape index (κ2) is 7.57. The molecule has 1 amide bonds. The Bertz CT molecular complexity index is 534. The maximum atomic E-state index is 12.2. The van der Waals surface area contributed by atoms with Gasteiger partial charge < -0.3 is 10.4 Å². The van der Waals surface area contributed by atoms with Crippen molar-refractivity contribution in [1.82, 2.24) is 10.3 Å². The van der Waals surface area contributed by atoms with Crippen LogP contribution in [0, 0.1) is 5.92 Å². The first-order valence-electron chi connectivity index (χ1n) is 7.30. The van der Waals surface area contributed by atoms with E-state index in [0.717, 1.165) is 6.08 Å². The number of nitrogens with zero attached hydrogens (tertiary/aromatic N) is 1. The summed E-state index contributed by atoms with van der Waals surface area (Å²) in [6.07, 6.45) is 11.5. The van der Waals surface area contributed by atoms with E-state index in [1.54, 1.807) is 6.07 Å². The molecule has 1 saturated carbocycles. The van der Waals surface area contributed by atoms with E-state index >= 15 is 0 Å². The maximum Gasteiger partial charge on any atom is 0.328 e. The molecule has 0 spiro atoms. The van der Waals surface area contributed by atoms with Crippen molar-refractivity contribution in [2.24, 2.45) is 5.92 Å². The summed E-state index contributed by atoms with van der Waals surface area (Å²) in [5.41, 5.74) is 0.972. The van der Waals surface area contributed by atoms with Crippen LogP contribution < -0.4 is 5.32 Å². The van der Waals surface area contributed by atoms with Crippen LogP contribution in [0.15, 0.2) is 24.5 Å². The minimum absolute atomic E-state index is 0.173. The summed E-state index contributed by atoms with van der Waals surface area (Å²) in [5.74, 6) is -0.664. The van der Waals surface area contributed by atoms with Crippen LogP contribution >= 0.6 is 0 Å². The molecule has 5 nitrogen and oxygen atoms in total. The van der Waals surface area contributed by atoms with Crippen LogP contribution in [0.5, 0.6) is 0 Å². The van der Waals surface area contributed by atoms with E-state index in [-0.39, 0.29) is 5.91 Å². The van der Waals surface area contributed by atoms with Crippen molar-refractivity contribution in [1.29, 1.82) is 0 Å².